The first-order chi connectivity index (χ1) is 17.0. The normalized spacial score (nSPS) is 37.8. The lowest BCUT2D eigenvalue weighted by Crippen LogP contribution is -2.54. The highest BCUT2D eigenvalue weighted by atomic mass is 16.5. The van der Waals surface area contributed by atoms with Gasteiger partial charge in [0.2, 0.25) is 0 Å². The number of carbonyl (C=O) groups is 2. The second-order valence-electron chi connectivity index (χ2n) is 13.2. The molecular formula is C31H46O5. The molecule has 5 heteroatoms. The van der Waals surface area contributed by atoms with Crippen LogP contribution < -0.4 is 0 Å². The van der Waals surface area contributed by atoms with Gasteiger partial charge in [0.1, 0.15) is 17.6 Å². The summed E-state index contributed by atoms with van der Waals surface area (Å²) in [5.41, 5.74) is 3.52. The third-order valence-electron chi connectivity index (χ3n) is 11.1. The fourth-order valence-corrected chi connectivity index (χ4v) is 9.24. The first-order valence-corrected chi connectivity index (χ1v) is 14.4. The Morgan fingerprint density at radius 3 is 2.56 bits per heavy atom. The van der Waals surface area contributed by atoms with Crippen molar-refractivity contribution in [3.63, 3.8) is 0 Å². The highest BCUT2D eigenvalue weighted by Crippen LogP contribution is 2.66. The van der Waals surface area contributed by atoms with E-state index in [1.54, 1.807) is 6.92 Å². The van der Waals surface area contributed by atoms with Crippen LogP contribution in [0.15, 0.2) is 4.42 Å². The molecule has 0 amide bonds. The van der Waals surface area contributed by atoms with Gasteiger partial charge in [-0.05, 0) is 104 Å². The largest absolute Gasteiger partial charge is 0.466 e. The molecule has 0 N–H and O–H groups in total. The molecule has 0 bridgehead atoms. The lowest BCUT2D eigenvalue weighted by Gasteiger charge is -2.60. The van der Waals surface area contributed by atoms with E-state index in [-0.39, 0.29) is 23.5 Å². The summed E-state index contributed by atoms with van der Waals surface area (Å²) < 4.78 is 17.4. The molecule has 0 saturated heterocycles. The summed E-state index contributed by atoms with van der Waals surface area (Å²) in [6.45, 7) is 13.0. The van der Waals surface area contributed by atoms with Crippen LogP contribution in [0.1, 0.15) is 109 Å². The molecule has 8 atom stereocenters. The van der Waals surface area contributed by atoms with Crippen molar-refractivity contribution >= 4 is 11.9 Å². The number of esters is 2. The first-order valence-electron chi connectivity index (χ1n) is 14.4. The fraction of sp³-hybridized carbons (Fsp3) is 0.806. The van der Waals surface area contributed by atoms with Crippen molar-refractivity contribution in [2.45, 2.75) is 117 Å². The molecule has 4 aliphatic carbocycles. The van der Waals surface area contributed by atoms with Crippen molar-refractivity contribution in [1.82, 2.24) is 0 Å². The van der Waals surface area contributed by atoms with Crippen LogP contribution in [-0.2, 0) is 37.3 Å². The number of carbonyl (C=O) groups excluding carboxylic acids is 2. The molecule has 1 aromatic heterocycles. The smallest absolute Gasteiger partial charge is 0.302 e. The van der Waals surface area contributed by atoms with Crippen LogP contribution in [0.3, 0.4) is 0 Å². The van der Waals surface area contributed by atoms with Crippen LogP contribution in [0.25, 0.3) is 0 Å². The van der Waals surface area contributed by atoms with Gasteiger partial charge in [0, 0.05) is 32.3 Å². The number of fused-ring (bicyclic) bond motifs is 7. The SMILES string of the molecule is CC(=O)OC[C@H](C)CCc1oc2c(c1C)[C@@]1(C)CC[C@H]3[C@@H](CC[C@H]4C[C@@H](OC(C)=O)CC[C@@]43C)[C@@H]1C2. The zero-order valence-corrected chi connectivity index (χ0v) is 23.3. The monoisotopic (exact) mass is 498 g/mol. The summed E-state index contributed by atoms with van der Waals surface area (Å²) in [7, 11) is 0. The molecule has 3 fully saturated rings. The summed E-state index contributed by atoms with van der Waals surface area (Å²) in [5, 5.41) is 0. The maximum atomic E-state index is 11.6. The van der Waals surface area contributed by atoms with Crippen molar-refractivity contribution in [3.8, 4) is 0 Å². The number of hydrogen-bond donors (Lipinski definition) is 0. The number of rotatable bonds is 6. The fourth-order valence-electron chi connectivity index (χ4n) is 9.24. The van der Waals surface area contributed by atoms with Gasteiger partial charge in [-0.2, -0.15) is 0 Å². The molecule has 0 spiro atoms. The predicted molar refractivity (Wildman–Crippen MR) is 139 cm³/mol. The van der Waals surface area contributed by atoms with Crippen LogP contribution >= 0.6 is 0 Å². The summed E-state index contributed by atoms with van der Waals surface area (Å²) in [5.74, 6) is 5.32. The van der Waals surface area contributed by atoms with E-state index in [1.807, 2.05) is 0 Å². The van der Waals surface area contributed by atoms with Crippen LogP contribution in [0.2, 0.25) is 0 Å². The minimum Gasteiger partial charge on any atom is -0.466 e. The minimum atomic E-state index is -0.204. The molecule has 0 unspecified atom stereocenters. The van der Waals surface area contributed by atoms with E-state index in [1.165, 1.54) is 55.9 Å². The molecule has 1 heterocycles. The number of hydrogen-bond acceptors (Lipinski definition) is 5. The van der Waals surface area contributed by atoms with Gasteiger partial charge in [-0.1, -0.05) is 20.8 Å². The van der Waals surface area contributed by atoms with E-state index < -0.39 is 0 Å². The second kappa shape index (κ2) is 9.51. The van der Waals surface area contributed by atoms with Crippen LogP contribution in [0.5, 0.6) is 0 Å². The van der Waals surface area contributed by atoms with Gasteiger partial charge in [-0.25, -0.2) is 0 Å². The van der Waals surface area contributed by atoms with Crippen molar-refractivity contribution < 1.29 is 23.5 Å². The highest BCUT2D eigenvalue weighted by Gasteiger charge is 2.60. The van der Waals surface area contributed by atoms with Crippen molar-refractivity contribution in [2.75, 3.05) is 6.61 Å². The average molecular weight is 499 g/mol. The van der Waals surface area contributed by atoms with Gasteiger partial charge in [0.25, 0.3) is 0 Å². The first kappa shape index (κ1) is 25.9. The Hall–Kier alpha value is -1.78. The van der Waals surface area contributed by atoms with Gasteiger partial charge in [-0.3, -0.25) is 9.59 Å². The Bertz CT molecular complexity index is 1010. The average Bonchev–Trinajstić information content (AvgIpc) is 3.29. The van der Waals surface area contributed by atoms with Crippen LogP contribution in [-0.4, -0.2) is 24.6 Å². The van der Waals surface area contributed by atoms with Gasteiger partial charge >= 0.3 is 11.9 Å². The third kappa shape index (κ3) is 4.32. The zero-order valence-electron chi connectivity index (χ0n) is 23.3. The quantitative estimate of drug-likeness (QED) is 0.408. The van der Waals surface area contributed by atoms with E-state index in [0.717, 1.165) is 49.7 Å². The van der Waals surface area contributed by atoms with Gasteiger partial charge in [0.15, 0.2) is 0 Å². The standard InChI is InChI=1S/C31H46O5/c1-18(17-34-20(3)32)7-10-27-19(2)29-28(36-27)16-26-24-9-8-22-15-23(35-21(4)33)11-13-30(22,5)25(24)12-14-31(26,29)6/h18,22-26H,7-17H2,1-6H3/t18-,22+,23+,24-,25+,26+,30+,31+/m1/s1. The summed E-state index contributed by atoms with van der Waals surface area (Å²) >= 11 is 0. The van der Waals surface area contributed by atoms with Gasteiger partial charge < -0.3 is 13.9 Å². The maximum absolute atomic E-state index is 11.6. The molecule has 0 aromatic carbocycles. The van der Waals surface area contributed by atoms with Crippen molar-refractivity contribution in [3.05, 3.63) is 22.6 Å². The van der Waals surface area contributed by atoms with E-state index in [0.29, 0.717) is 29.8 Å². The van der Waals surface area contributed by atoms with Gasteiger partial charge in [-0.15, -0.1) is 0 Å². The van der Waals surface area contributed by atoms with E-state index in [4.69, 9.17) is 13.9 Å². The lowest BCUT2D eigenvalue weighted by molar-refractivity contribution is -0.157. The van der Waals surface area contributed by atoms with E-state index in [9.17, 15) is 9.59 Å². The molecule has 4 aliphatic rings. The third-order valence-corrected chi connectivity index (χ3v) is 11.1. The van der Waals surface area contributed by atoms with Crippen molar-refractivity contribution in [1.29, 1.82) is 0 Å². The molecule has 3 saturated carbocycles. The lowest BCUT2D eigenvalue weighted by atomic mass is 9.45. The predicted octanol–water partition coefficient (Wildman–Crippen LogP) is 6.71. The second-order valence-corrected chi connectivity index (χ2v) is 13.2. The summed E-state index contributed by atoms with van der Waals surface area (Å²) in [6.07, 6.45) is 11.5. The topological polar surface area (TPSA) is 65.7 Å². The van der Waals surface area contributed by atoms with Crippen molar-refractivity contribution in [2.24, 2.45) is 35.0 Å². The van der Waals surface area contributed by atoms with Crippen LogP contribution in [0, 0.1) is 41.9 Å². The molecule has 5 rings (SSSR count). The Balaban J connectivity index is 1.29. The molecule has 5 nitrogen and oxygen atoms in total. The number of ether oxygens (including phenoxy) is 2. The Morgan fingerprint density at radius 2 is 1.83 bits per heavy atom. The molecular weight excluding hydrogens is 452 g/mol. The molecule has 200 valence electrons. The molecule has 0 radical (unpaired) electrons. The van der Waals surface area contributed by atoms with E-state index >= 15 is 0 Å². The molecule has 36 heavy (non-hydrogen) atoms. The van der Waals surface area contributed by atoms with E-state index in [2.05, 4.69) is 27.7 Å². The number of furan rings is 1. The minimum absolute atomic E-state index is 0.124. The zero-order chi connectivity index (χ0) is 25.8. The molecule has 1 aromatic rings. The maximum Gasteiger partial charge on any atom is 0.302 e. The van der Waals surface area contributed by atoms with Crippen LogP contribution in [0.4, 0.5) is 0 Å². The Morgan fingerprint density at radius 1 is 1.06 bits per heavy atom. The summed E-state index contributed by atoms with van der Waals surface area (Å²) in [4.78, 5) is 22.7. The van der Waals surface area contributed by atoms with Gasteiger partial charge in [0.05, 0.1) is 6.61 Å². The summed E-state index contributed by atoms with van der Waals surface area (Å²) in [6, 6.07) is 0. The molecule has 0 aliphatic heterocycles. The Labute approximate surface area is 217 Å². The Kier molecular flexibility index (Phi) is 6.83. The highest BCUT2D eigenvalue weighted by molar-refractivity contribution is 5.66. The number of aryl methyl sites for hydroxylation is 1.